The molecule has 0 aliphatic carbocycles. The van der Waals surface area contributed by atoms with E-state index >= 15 is 0 Å². The summed E-state index contributed by atoms with van der Waals surface area (Å²) in [4.78, 5) is 34.9. The number of hydrogen-bond donors (Lipinski definition) is 3. The van der Waals surface area contributed by atoms with Gasteiger partial charge in [0.25, 0.3) is 0 Å². The van der Waals surface area contributed by atoms with Crippen molar-refractivity contribution >= 4 is 29.2 Å². The highest BCUT2D eigenvalue weighted by molar-refractivity contribution is 6.27. The Labute approximate surface area is 209 Å². The first kappa shape index (κ1) is 26.5. The number of carboxylic acid groups (broad SMARTS) is 2. The second-order valence-corrected chi connectivity index (χ2v) is 8.37. The molecule has 0 spiro atoms. The lowest BCUT2D eigenvalue weighted by Crippen LogP contribution is -2.36. The highest BCUT2D eigenvalue weighted by Gasteiger charge is 2.20. The number of aliphatic carboxylic acids is 2. The standard InChI is InChI=1S/C25H29N3O2.C2H2O4/c1-27(25(29)19-26-18-22-10-6-17-30-22)15-7-16-28-23-11-4-2-8-20(23)13-14-21-9-3-5-12-24(21)28;3-1(4)2(5)6/h2-6,8-12,17,26H,7,13-16,18-19H2,1H3;(H,3,4)(H,5,6). The Hall–Kier alpha value is -4.11. The van der Waals surface area contributed by atoms with E-state index in [0.717, 1.165) is 38.1 Å². The van der Waals surface area contributed by atoms with Crippen LogP contribution in [0.15, 0.2) is 71.3 Å². The molecular formula is C27H31N3O6. The van der Waals surface area contributed by atoms with Crippen LogP contribution in [0.3, 0.4) is 0 Å². The van der Waals surface area contributed by atoms with Gasteiger partial charge < -0.3 is 29.7 Å². The number of hydrogen-bond acceptors (Lipinski definition) is 6. The van der Waals surface area contributed by atoms with E-state index in [9.17, 15) is 4.79 Å². The number of furan rings is 1. The molecule has 0 fully saturated rings. The van der Waals surface area contributed by atoms with E-state index in [4.69, 9.17) is 24.2 Å². The van der Waals surface area contributed by atoms with Crippen molar-refractivity contribution in [2.45, 2.75) is 25.8 Å². The summed E-state index contributed by atoms with van der Waals surface area (Å²) in [6.07, 6.45) is 4.67. The highest BCUT2D eigenvalue weighted by Crippen LogP contribution is 2.35. The number of benzene rings is 2. The van der Waals surface area contributed by atoms with E-state index in [0.29, 0.717) is 13.1 Å². The largest absolute Gasteiger partial charge is 0.473 e. The van der Waals surface area contributed by atoms with Crippen LogP contribution < -0.4 is 10.2 Å². The average Bonchev–Trinajstić information content (AvgIpc) is 3.34. The Kier molecular flexibility index (Phi) is 9.64. The van der Waals surface area contributed by atoms with E-state index in [1.165, 1.54) is 22.5 Å². The maximum absolute atomic E-state index is 12.4. The molecule has 1 amide bonds. The molecule has 0 saturated heterocycles. The highest BCUT2D eigenvalue weighted by atomic mass is 16.4. The first-order valence-electron chi connectivity index (χ1n) is 11.7. The minimum atomic E-state index is -1.82. The molecule has 3 N–H and O–H groups in total. The molecule has 9 heteroatoms. The van der Waals surface area contributed by atoms with Crippen molar-refractivity contribution in [3.05, 3.63) is 83.8 Å². The van der Waals surface area contributed by atoms with Gasteiger partial charge in [0.2, 0.25) is 5.91 Å². The molecule has 0 saturated carbocycles. The molecule has 0 radical (unpaired) electrons. The number of carbonyl (C=O) groups is 3. The molecule has 2 heterocycles. The van der Waals surface area contributed by atoms with Gasteiger partial charge in [0.15, 0.2) is 0 Å². The number of nitrogens with zero attached hydrogens (tertiary/aromatic N) is 2. The number of anilines is 2. The van der Waals surface area contributed by atoms with E-state index in [-0.39, 0.29) is 5.91 Å². The van der Waals surface area contributed by atoms with Crippen LogP contribution in [0.5, 0.6) is 0 Å². The Morgan fingerprint density at radius 3 is 2.03 bits per heavy atom. The second kappa shape index (κ2) is 13.1. The number of likely N-dealkylation sites (N-methyl/N-ethyl adjacent to an activating group) is 1. The summed E-state index contributed by atoms with van der Waals surface area (Å²) in [5.74, 6) is -2.72. The third-order valence-corrected chi connectivity index (χ3v) is 5.87. The predicted molar refractivity (Wildman–Crippen MR) is 135 cm³/mol. The molecule has 1 aliphatic heterocycles. The molecule has 36 heavy (non-hydrogen) atoms. The van der Waals surface area contributed by atoms with Crippen molar-refractivity contribution in [3.8, 4) is 0 Å². The van der Waals surface area contributed by atoms with Crippen LogP contribution in [0.25, 0.3) is 0 Å². The fourth-order valence-electron chi connectivity index (χ4n) is 4.04. The maximum Gasteiger partial charge on any atom is 0.414 e. The van der Waals surface area contributed by atoms with E-state index in [1.54, 1.807) is 6.26 Å². The van der Waals surface area contributed by atoms with Gasteiger partial charge in [-0.25, -0.2) is 9.59 Å². The van der Waals surface area contributed by atoms with Crippen LogP contribution >= 0.6 is 0 Å². The first-order chi connectivity index (χ1) is 17.4. The molecule has 3 aromatic rings. The van der Waals surface area contributed by atoms with E-state index in [1.807, 2.05) is 24.1 Å². The van der Waals surface area contributed by atoms with Crippen LogP contribution in [0.1, 0.15) is 23.3 Å². The smallest absolute Gasteiger partial charge is 0.414 e. The zero-order valence-electron chi connectivity index (χ0n) is 20.2. The number of nitrogens with one attached hydrogen (secondary N) is 1. The Morgan fingerprint density at radius 2 is 1.50 bits per heavy atom. The van der Waals surface area contributed by atoms with Crippen molar-refractivity contribution in [2.75, 3.05) is 31.6 Å². The summed E-state index contributed by atoms with van der Waals surface area (Å²) >= 11 is 0. The number of aryl methyl sites for hydroxylation is 2. The van der Waals surface area contributed by atoms with Gasteiger partial charge in [-0.3, -0.25) is 4.79 Å². The summed E-state index contributed by atoms with van der Waals surface area (Å²) in [6.45, 7) is 2.48. The molecule has 1 aliphatic rings. The molecule has 0 bridgehead atoms. The van der Waals surface area contributed by atoms with Crippen LogP contribution in [0.2, 0.25) is 0 Å². The monoisotopic (exact) mass is 493 g/mol. The average molecular weight is 494 g/mol. The number of carboxylic acids is 2. The zero-order valence-corrected chi connectivity index (χ0v) is 20.2. The van der Waals surface area contributed by atoms with Crippen molar-refractivity contribution in [1.29, 1.82) is 0 Å². The van der Waals surface area contributed by atoms with Crippen LogP contribution in [0, 0.1) is 0 Å². The molecule has 2 aromatic carbocycles. The van der Waals surface area contributed by atoms with Crippen molar-refractivity contribution in [3.63, 3.8) is 0 Å². The van der Waals surface area contributed by atoms with Crippen molar-refractivity contribution in [2.24, 2.45) is 0 Å². The SMILES string of the molecule is CN(CCCN1c2ccccc2CCc2ccccc21)C(=O)CNCc1ccco1.O=C(O)C(=O)O. The summed E-state index contributed by atoms with van der Waals surface area (Å²) in [5, 5.41) is 17.9. The molecule has 0 unspecified atom stereocenters. The Balaban J connectivity index is 0.000000538. The van der Waals surface area contributed by atoms with E-state index < -0.39 is 11.9 Å². The number of rotatable bonds is 8. The lowest BCUT2D eigenvalue weighted by Gasteiger charge is -2.28. The summed E-state index contributed by atoms with van der Waals surface area (Å²) < 4.78 is 5.28. The van der Waals surface area contributed by atoms with Crippen molar-refractivity contribution < 1.29 is 29.0 Å². The van der Waals surface area contributed by atoms with Gasteiger partial charge in [-0.1, -0.05) is 36.4 Å². The van der Waals surface area contributed by atoms with Gasteiger partial charge in [-0.2, -0.15) is 0 Å². The molecule has 4 rings (SSSR count). The van der Waals surface area contributed by atoms with Crippen LogP contribution in [-0.4, -0.2) is 59.6 Å². The predicted octanol–water partition coefficient (Wildman–Crippen LogP) is 3.31. The molecular weight excluding hydrogens is 462 g/mol. The van der Waals surface area contributed by atoms with Crippen LogP contribution in [-0.2, 0) is 33.8 Å². The van der Waals surface area contributed by atoms with Gasteiger partial charge in [-0.05, 0) is 54.7 Å². The Bertz CT molecular complexity index is 1100. The fourth-order valence-corrected chi connectivity index (χ4v) is 4.04. The van der Waals surface area contributed by atoms with Gasteiger partial charge in [0.05, 0.1) is 19.4 Å². The third kappa shape index (κ3) is 7.44. The number of fused-ring (bicyclic) bond motifs is 2. The summed E-state index contributed by atoms with van der Waals surface area (Å²) in [7, 11) is 1.88. The molecule has 190 valence electrons. The number of carbonyl (C=O) groups excluding carboxylic acids is 1. The zero-order chi connectivity index (χ0) is 25.9. The van der Waals surface area contributed by atoms with E-state index in [2.05, 4.69) is 58.7 Å². The summed E-state index contributed by atoms with van der Waals surface area (Å²) in [5.41, 5.74) is 5.36. The maximum atomic E-state index is 12.4. The van der Waals surface area contributed by atoms with Gasteiger partial charge >= 0.3 is 11.9 Å². The molecule has 0 atom stereocenters. The minimum Gasteiger partial charge on any atom is -0.473 e. The normalized spacial score (nSPS) is 11.9. The van der Waals surface area contributed by atoms with Crippen LogP contribution in [0.4, 0.5) is 11.4 Å². The quantitative estimate of drug-likeness (QED) is 0.409. The topological polar surface area (TPSA) is 123 Å². The first-order valence-corrected chi connectivity index (χ1v) is 11.7. The second-order valence-electron chi connectivity index (χ2n) is 8.37. The fraction of sp³-hybridized carbons (Fsp3) is 0.296. The van der Waals surface area contributed by atoms with Gasteiger partial charge in [0.1, 0.15) is 5.76 Å². The minimum absolute atomic E-state index is 0.0956. The number of amides is 1. The third-order valence-electron chi connectivity index (χ3n) is 5.87. The lowest BCUT2D eigenvalue weighted by molar-refractivity contribution is -0.159. The van der Waals surface area contributed by atoms with Gasteiger partial charge in [0, 0.05) is 31.5 Å². The van der Waals surface area contributed by atoms with Gasteiger partial charge in [-0.15, -0.1) is 0 Å². The molecule has 9 nitrogen and oxygen atoms in total. The van der Waals surface area contributed by atoms with Crippen molar-refractivity contribution in [1.82, 2.24) is 10.2 Å². The number of para-hydroxylation sites is 2. The lowest BCUT2D eigenvalue weighted by atomic mass is 10.0. The molecule has 1 aromatic heterocycles. The Morgan fingerprint density at radius 1 is 0.917 bits per heavy atom. The summed E-state index contributed by atoms with van der Waals surface area (Å²) in [6, 6.07) is 21.1.